The third-order valence-corrected chi connectivity index (χ3v) is 0.943. The highest BCUT2D eigenvalue weighted by Gasteiger charge is 1.95. The standard InChI is InChI=1S/C8H14NO/c1-4-5-8(10)9-6-7(2)3/h4-5,7H,2,6H2,1,3H3,(H,9,10). The molecule has 0 heterocycles. The lowest BCUT2D eigenvalue weighted by atomic mass is 10.2. The molecule has 0 fully saturated rings. The van der Waals surface area contributed by atoms with Gasteiger partial charge in [-0.3, -0.25) is 4.79 Å². The molecule has 0 aliphatic carbocycles. The molecule has 0 aliphatic rings. The van der Waals surface area contributed by atoms with E-state index in [2.05, 4.69) is 12.2 Å². The molecule has 0 aliphatic heterocycles. The van der Waals surface area contributed by atoms with Gasteiger partial charge < -0.3 is 5.32 Å². The largest absolute Gasteiger partial charge is 0.352 e. The van der Waals surface area contributed by atoms with Crippen molar-refractivity contribution in [3.05, 3.63) is 19.1 Å². The van der Waals surface area contributed by atoms with Crippen LogP contribution in [0.4, 0.5) is 0 Å². The summed E-state index contributed by atoms with van der Waals surface area (Å²) < 4.78 is 0. The summed E-state index contributed by atoms with van der Waals surface area (Å²) in [4.78, 5) is 10.7. The van der Waals surface area contributed by atoms with E-state index in [-0.39, 0.29) is 11.8 Å². The molecule has 1 radical (unpaired) electrons. The van der Waals surface area contributed by atoms with Crippen LogP contribution in [0.5, 0.6) is 0 Å². The number of carbonyl (C=O) groups is 1. The minimum absolute atomic E-state index is 0.0435. The van der Waals surface area contributed by atoms with Crippen LogP contribution in [0, 0.1) is 12.8 Å². The highest BCUT2D eigenvalue weighted by atomic mass is 16.1. The van der Waals surface area contributed by atoms with Crippen molar-refractivity contribution in [3.63, 3.8) is 0 Å². The normalized spacial score (nSPS) is 10.8. The van der Waals surface area contributed by atoms with E-state index in [0.717, 1.165) is 0 Å². The average Bonchev–Trinajstić information content (AvgIpc) is 1.85. The fraction of sp³-hybridized carbons (Fsp3) is 0.500. The Balaban J connectivity index is 3.40. The van der Waals surface area contributed by atoms with Gasteiger partial charge in [0.25, 0.3) is 0 Å². The molecule has 57 valence electrons. The number of amides is 1. The molecule has 0 spiro atoms. The predicted octanol–water partition coefficient (Wildman–Crippen LogP) is 1.15. The molecule has 2 nitrogen and oxygen atoms in total. The first-order valence-electron chi connectivity index (χ1n) is 3.40. The second-order valence-electron chi connectivity index (χ2n) is 2.35. The van der Waals surface area contributed by atoms with Crippen LogP contribution < -0.4 is 5.32 Å². The number of carbonyl (C=O) groups excluding carboxylic acids is 1. The lowest BCUT2D eigenvalue weighted by Gasteiger charge is -2.03. The summed E-state index contributed by atoms with van der Waals surface area (Å²) in [5, 5.41) is 2.69. The summed E-state index contributed by atoms with van der Waals surface area (Å²) in [6.45, 7) is 8.14. The monoisotopic (exact) mass is 140 g/mol. The molecule has 2 heteroatoms. The quantitative estimate of drug-likeness (QED) is 0.585. The Kier molecular flexibility index (Phi) is 4.63. The maximum Gasteiger partial charge on any atom is 0.243 e. The maximum absolute atomic E-state index is 10.7. The maximum atomic E-state index is 10.7. The SMILES string of the molecule is [CH2]C(C)CNC(=O)C=CC. The summed E-state index contributed by atoms with van der Waals surface area (Å²) in [5.74, 6) is 0.229. The molecular formula is C8H14NO. The number of hydrogen-bond donors (Lipinski definition) is 1. The second kappa shape index (κ2) is 5.03. The molecule has 0 saturated heterocycles. The Morgan fingerprint density at radius 1 is 1.80 bits per heavy atom. The Bertz CT molecular complexity index is 127. The van der Waals surface area contributed by atoms with Gasteiger partial charge in [-0.15, -0.1) is 0 Å². The van der Waals surface area contributed by atoms with Crippen LogP contribution >= 0.6 is 0 Å². The van der Waals surface area contributed by atoms with Gasteiger partial charge in [0.2, 0.25) is 5.91 Å². The number of hydrogen-bond acceptors (Lipinski definition) is 1. The van der Waals surface area contributed by atoms with Gasteiger partial charge in [-0.2, -0.15) is 0 Å². The van der Waals surface area contributed by atoms with Gasteiger partial charge in [-0.05, 0) is 25.8 Å². The second-order valence-corrected chi connectivity index (χ2v) is 2.35. The van der Waals surface area contributed by atoms with Gasteiger partial charge >= 0.3 is 0 Å². The average molecular weight is 140 g/mol. The van der Waals surface area contributed by atoms with Crippen LogP contribution in [0.25, 0.3) is 0 Å². The zero-order valence-electron chi connectivity index (χ0n) is 6.55. The number of nitrogens with one attached hydrogen (secondary N) is 1. The Morgan fingerprint density at radius 3 is 2.80 bits per heavy atom. The predicted molar refractivity (Wildman–Crippen MR) is 42.3 cm³/mol. The van der Waals surface area contributed by atoms with E-state index in [1.165, 1.54) is 6.08 Å². The summed E-state index contributed by atoms with van der Waals surface area (Å²) in [7, 11) is 0. The topological polar surface area (TPSA) is 29.1 Å². The summed E-state index contributed by atoms with van der Waals surface area (Å²) in [6, 6.07) is 0. The van der Waals surface area contributed by atoms with Crippen molar-refractivity contribution in [3.8, 4) is 0 Å². The third kappa shape index (κ3) is 5.35. The Morgan fingerprint density at radius 2 is 2.40 bits per heavy atom. The molecule has 0 rings (SSSR count). The van der Waals surface area contributed by atoms with Crippen LogP contribution in [0.2, 0.25) is 0 Å². The summed E-state index contributed by atoms with van der Waals surface area (Å²) in [5.41, 5.74) is 0. The van der Waals surface area contributed by atoms with E-state index in [9.17, 15) is 4.79 Å². The molecule has 1 N–H and O–H groups in total. The summed E-state index contributed by atoms with van der Waals surface area (Å²) >= 11 is 0. The van der Waals surface area contributed by atoms with E-state index in [1.54, 1.807) is 6.08 Å². The fourth-order valence-electron chi connectivity index (χ4n) is 0.485. The van der Waals surface area contributed by atoms with Crippen LogP contribution in [-0.4, -0.2) is 12.5 Å². The van der Waals surface area contributed by atoms with Crippen molar-refractivity contribution >= 4 is 5.91 Å². The molecule has 0 aromatic rings. The lowest BCUT2D eigenvalue weighted by molar-refractivity contribution is -0.116. The Hall–Kier alpha value is -0.790. The fourth-order valence-corrected chi connectivity index (χ4v) is 0.485. The van der Waals surface area contributed by atoms with Gasteiger partial charge in [0.05, 0.1) is 0 Å². The van der Waals surface area contributed by atoms with Crippen LogP contribution in [0.3, 0.4) is 0 Å². The van der Waals surface area contributed by atoms with Crippen LogP contribution in [-0.2, 0) is 4.79 Å². The smallest absolute Gasteiger partial charge is 0.243 e. The zero-order chi connectivity index (χ0) is 7.98. The van der Waals surface area contributed by atoms with Crippen molar-refractivity contribution in [1.82, 2.24) is 5.32 Å². The van der Waals surface area contributed by atoms with Gasteiger partial charge in [-0.25, -0.2) is 0 Å². The molecule has 1 amide bonds. The van der Waals surface area contributed by atoms with Crippen molar-refractivity contribution in [1.29, 1.82) is 0 Å². The van der Waals surface area contributed by atoms with E-state index in [0.29, 0.717) is 6.54 Å². The molecule has 0 aromatic carbocycles. The van der Waals surface area contributed by atoms with E-state index < -0.39 is 0 Å². The Labute approximate surface area is 62.3 Å². The van der Waals surface area contributed by atoms with Crippen molar-refractivity contribution < 1.29 is 4.79 Å². The first kappa shape index (κ1) is 9.21. The van der Waals surface area contributed by atoms with Gasteiger partial charge in [-0.1, -0.05) is 13.0 Å². The zero-order valence-corrected chi connectivity index (χ0v) is 6.55. The van der Waals surface area contributed by atoms with Crippen molar-refractivity contribution in [2.45, 2.75) is 13.8 Å². The number of allylic oxidation sites excluding steroid dienone is 1. The molecular weight excluding hydrogens is 126 g/mol. The molecule has 0 aromatic heterocycles. The van der Waals surface area contributed by atoms with Crippen LogP contribution in [0.15, 0.2) is 12.2 Å². The highest BCUT2D eigenvalue weighted by Crippen LogP contribution is 1.85. The number of rotatable bonds is 3. The van der Waals surface area contributed by atoms with E-state index in [1.807, 2.05) is 13.8 Å². The van der Waals surface area contributed by atoms with E-state index in [4.69, 9.17) is 0 Å². The minimum atomic E-state index is -0.0435. The van der Waals surface area contributed by atoms with Gasteiger partial charge in [0, 0.05) is 6.54 Å². The molecule has 10 heavy (non-hydrogen) atoms. The van der Waals surface area contributed by atoms with Gasteiger partial charge in [0.1, 0.15) is 0 Å². The van der Waals surface area contributed by atoms with Crippen LogP contribution in [0.1, 0.15) is 13.8 Å². The van der Waals surface area contributed by atoms with Gasteiger partial charge in [0.15, 0.2) is 0 Å². The molecule has 0 bridgehead atoms. The van der Waals surface area contributed by atoms with Crippen molar-refractivity contribution in [2.75, 3.05) is 6.54 Å². The van der Waals surface area contributed by atoms with Crippen molar-refractivity contribution in [2.24, 2.45) is 5.92 Å². The lowest BCUT2D eigenvalue weighted by Crippen LogP contribution is -2.25. The highest BCUT2D eigenvalue weighted by molar-refractivity contribution is 5.87. The summed E-state index contributed by atoms with van der Waals surface area (Å²) in [6.07, 6.45) is 3.21. The minimum Gasteiger partial charge on any atom is -0.352 e. The van der Waals surface area contributed by atoms with E-state index >= 15 is 0 Å². The molecule has 0 saturated carbocycles. The molecule has 1 unspecified atom stereocenters. The third-order valence-electron chi connectivity index (χ3n) is 0.943. The molecule has 1 atom stereocenters. The first-order valence-corrected chi connectivity index (χ1v) is 3.40. The first-order chi connectivity index (χ1) is 4.66.